The third-order valence-electron chi connectivity index (χ3n) is 5.23. The highest BCUT2D eigenvalue weighted by atomic mass is 19.1. The lowest BCUT2D eigenvalue weighted by molar-refractivity contribution is 0.102. The summed E-state index contributed by atoms with van der Waals surface area (Å²) < 4.78 is 14.8. The van der Waals surface area contributed by atoms with Gasteiger partial charge < -0.3 is 10.2 Å². The highest BCUT2D eigenvalue weighted by Gasteiger charge is 2.17. The minimum atomic E-state index is -0.306. The van der Waals surface area contributed by atoms with Crippen LogP contribution in [-0.2, 0) is 0 Å². The van der Waals surface area contributed by atoms with Gasteiger partial charge in [0.2, 0.25) is 0 Å². The van der Waals surface area contributed by atoms with Crippen molar-refractivity contribution in [3.8, 4) is 5.69 Å². The molecule has 1 aliphatic rings. The fourth-order valence-electron chi connectivity index (χ4n) is 3.72. The molecule has 0 aliphatic carbocycles. The molecule has 144 valence electrons. The van der Waals surface area contributed by atoms with Gasteiger partial charge in [-0.15, -0.1) is 0 Å². The molecule has 1 aliphatic heterocycles. The van der Waals surface area contributed by atoms with Crippen molar-refractivity contribution in [1.29, 1.82) is 0 Å². The molecule has 0 unspecified atom stereocenters. The van der Waals surface area contributed by atoms with Crippen LogP contribution in [0.25, 0.3) is 5.69 Å². The van der Waals surface area contributed by atoms with E-state index in [0.717, 1.165) is 24.3 Å². The molecule has 1 saturated heterocycles. The van der Waals surface area contributed by atoms with Gasteiger partial charge >= 0.3 is 0 Å². The molecule has 1 aromatic heterocycles. The standard InChI is InChI=1S/C22H23FN4O/c1-15-13-18(7-10-21(15)26-11-3-4-12-26)25-22(28)20-14-24-27(16(20)2)19-8-5-17(23)6-9-19/h5-10,13-14H,3-4,11-12H2,1-2H3,(H,25,28). The molecule has 0 radical (unpaired) electrons. The number of rotatable bonds is 4. The zero-order valence-corrected chi connectivity index (χ0v) is 16.1. The molecule has 0 bridgehead atoms. The van der Waals surface area contributed by atoms with Gasteiger partial charge in [-0.2, -0.15) is 5.10 Å². The minimum absolute atomic E-state index is 0.209. The molecular weight excluding hydrogens is 355 g/mol. The van der Waals surface area contributed by atoms with Crippen molar-refractivity contribution in [3.05, 3.63) is 71.3 Å². The Balaban J connectivity index is 1.52. The third kappa shape index (κ3) is 3.50. The van der Waals surface area contributed by atoms with Crippen LogP contribution in [-0.4, -0.2) is 28.8 Å². The molecule has 2 aromatic carbocycles. The lowest BCUT2D eigenvalue weighted by atomic mass is 10.1. The first-order valence-electron chi connectivity index (χ1n) is 9.50. The van der Waals surface area contributed by atoms with Crippen LogP contribution < -0.4 is 10.2 Å². The molecule has 1 fully saturated rings. The number of nitrogens with one attached hydrogen (secondary N) is 1. The van der Waals surface area contributed by atoms with Crippen LogP contribution in [0.15, 0.2) is 48.7 Å². The van der Waals surface area contributed by atoms with Gasteiger partial charge in [-0.1, -0.05) is 0 Å². The Morgan fingerprint density at radius 3 is 2.46 bits per heavy atom. The lowest BCUT2D eigenvalue weighted by Gasteiger charge is -2.20. The molecule has 1 amide bonds. The number of carbonyl (C=O) groups excluding carboxylic acids is 1. The lowest BCUT2D eigenvalue weighted by Crippen LogP contribution is -2.19. The van der Waals surface area contributed by atoms with Crippen LogP contribution in [0.3, 0.4) is 0 Å². The maximum absolute atomic E-state index is 13.1. The summed E-state index contributed by atoms with van der Waals surface area (Å²) in [7, 11) is 0. The van der Waals surface area contributed by atoms with Crippen molar-refractivity contribution in [1.82, 2.24) is 9.78 Å². The van der Waals surface area contributed by atoms with Gasteiger partial charge in [-0.3, -0.25) is 4.79 Å². The van der Waals surface area contributed by atoms with E-state index in [1.54, 1.807) is 23.0 Å². The van der Waals surface area contributed by atoms with E-state index in [4.69, 9.17) is 0 Å². The van der Waals surface area contributed by atoms with Gasteiger partial charge in [-0.25, -0.2) is 9.07 Å². The smallest absolute Gasteiger partial charge is 0.259 e. The van der Waals surface area contributed by atoms with Crippen molar-refractivity contribution in [2.75, 3.05) is 23.3 Å². The molecule has 4 rings (SSSR count). The van der Waals surface area contributed by atoms with E-state index >= 15 is 0 Å². The fourth-order valence-corrected chi connectivity index (χ4v) is 3.72. The van der Waals surface area contributed by atoms with E-state index in [2.05, 4.69) is 28.3 Å². The molecule has 2 heterocycles. The van der Waals surface area contributed by atoms with E-state index in [1.165, 1.54) is 30.7 Å². The summed E-state index contributed by atoms with van der Waals surface area (Å²) in [5.41, 5.74) is 5.05. The number of nitrogens with zero attached hydrogens (tertiary/aromatic N) is 3. The number of hydrogen-bond acceptors (Lipinski definition) is 3. The number of anilines is 2. The van der Waals surface area contributed by atoms with Gasteiger partial charge in [0.1, 0.15) is 5.82 Å². The zero-order chi connectivity index (χ0) is 19.7. The fraction of sp³-hybridized carbons (Fsp3) is 0.273. The predicted molar refractivity (Wildman–Crippen MR) is 109 cm³/mol. The molecule has 28 heavy (non-hydrogen) atoms. The van der Waals surface area contributed by atoms with E-state index in [1.807, 2.05) is 19.1 Å². The van der Waals surface area contributed by atoms with Gasteiger partial charge in [0, 0.05) is 24.5 Å². The van der Waals surface area contributed by atoms with E-state index < -0.39 is 0 Å². The molecule has 3 aromatic rings. The highest BCUT2D eigenvalue weighted by Crippen LogP contribution is 2.27. The van der Waals surface area contributed by atoms with Crippen molar-refractivity contribution in [2.45, 2.75) is 26.7 Å². The molecule has 1 N–H and O–H groups in total. The summed E-state index contributed by atoms with van der Waals surface area (Å²) in [5.74, 6) is -0.515. The average Bonchev–Trinajstić information content (AvgIpc) is 3.33. The minimum Gasteiger partial charge on any atom is -0.371 e. The summed E-state index contributed by atoms with van der Waals surface area (Å²) in [4.78, 5) is 15.1. The Morgan fingerprint density at radius 1 is 1.07 bits per heavy atom. The van der Waals surface area contributed by atoms with Crippen LogP contribution >= 0.6 is 0 Å². The van der Waals surface area contributed by atoms with Crippen LogP contribution in [0.4, 0.5) is 15.8 Å². The predicted octanol–water partition coefficient (Wildman–Crippen LogP) is 4.48. The summed E-state index contributed by atoms with van der Waals surface area (Å²) >= 11 is 0. The average molecular weight is 378 g/mol. The Hall–Kier alpha value is -3.15. The number of aryl methyl sites for hydroxylation is 1. The summed E-state index contributed by atoms with van der Waals surface area (Å²) in [6.07, 6.45) is 4.00. The largest absolute Gasteiger partial charge is 0.371 e. The quantitative estimate of drug-likeness (QED) is 0.728. The summed E-state index contributed by atoms with van der Waals surface area (Å²) in [6, 6.07) is 12.0. The van der Waals surface area contributed by atoms with Crippen molar-refractivity contribution in [3.63, 3.8) is 0 Å². The van der Waals surface area contributed by atoms with Crippen molar-refractivity contribution >= 4 is 17.3 Å². The number of amides is 1. The van der Waals surface area contributed by atoms with Gasteiger partial charge in [-0.05, 0) is 74.7 Å². The number of hydrogen-bond donors (Lipinski definition) is 1. The summed E-state index contributed by atoms with van der Waals surface area (Å²) in [6.45, 7) is 6.08. The molecule has 5 nitrogen and oxygen atoms in total. The first-order chi connectivity index (χ1) is 13.5. The van der Waals surface area contributed by atoms with Gasteiger partial charge in [0.15, 0.2) is 0 Å². The SMILES string of the molecule is Cc1cc(NC(=O)c2cnn(-c3ccc(F)cc3)c2C)ccc1N1CCCC1. The molecule has 0 spiro atoms. The monoisotopic (exact) mass is 378 g/mol. The first kappa shape index (κ1) is 18.2. The molecule has 0 saturated carbocycles. The van der Waals surface area contributed by atoms with E-state index in [0.29, 0.717) is 16.9 Å². The zero-order valence-electron chi connectivity index (χ0n) is 16.1. The van der Waals surface area contributed by atoms with Gasteiger partial charge in [0.05, 0.1) is 23.1 Å². The highest BCUT2D eigenvalue weighted by molar-refractivity contribution is 6.05. The first-order valence-corrected chi connectivity index (χ1v) is 9.50. The Kier molecular flexibility index (Phi) is 4.86. The maximum Gasteiger partial charge on any atom is 0.259 e. The van der Waals surface area contributed by atoms with Gasteiger partial charge in [0.25, 0.3) is 5.91 Å². The molecule has 6 heteroatoms. The van der Waals surface area contributed by atoms with E-state index in [-0.39, 0.29) is 11.7 Å². The van der Waals surface area contributed by atoms with Crippen LogP contribution in [0.2, 0.25) is 0 Å². The van der Waals surface area contributed by atoms with Crippen LogP contribution in [0.1, 0.15) is 34.5 Å². The second-order valence-corrected chi connectivity index (χ2v) is 7.18. The molecular formula is C22H23FN4O. The Labute approximate surface area is 163 Å². The molecule has 0 atom stereocenters. The summed E-state index contributed by atoms with van der Waals surface area (Å²) in [5, 5.41) is 7.25. The second-order valence-electron chi connectivity index (χ2n) is 7.18. The van der Waals surface area contributed by atoms with Crippen LogP contribution in [0.5, 0.6) is 0 Å². The Bertz CT molecular complexity index is 1000. The number of carbonyl (C=O) groups is 1. The number of halogens is 1. The van der Waals surface area contributed by atoms with Crippen molar-refractivity contribution < 1.29 is 9.18 Å². The maximum atomic E-state index is 13.1. The second kappa shape index (κ2) is 7.46. The van der Waals surface area contributed by atoms with E-state index in [9.17, 15) is 9.18 Å². The van der Waals surface area contributed by atoms with Crippen LogP contribution in [0, 0.1) is 19.7 Å². The normalized spacial score (nSPS) is 13.8. The topological polar surface area (TPSA) is 50.2 Å². The Morgan fingerprint density at radius 2 is 1.79 bits per heavy atom. The van der Waals surface area contributed by atoms with Crippen molar-refractivity contribution in [2.24, 2.45) is 0 Å². The number of benzene rings is 2. The third-order valence-corrected chi connectivity index (χ3v) is 5.23. The number of aromatic nitrogens is 2.